The van der Waals surface area contributed by atoms with E-state index in [1.54, 1.807) is 79.7 Å². The number of nitrogens with one attached hydrogen (secondary N) is 1. The highest BCUT2D eigenvalue weighted by atomic mass is 16.5. The molecule has 0 bridgehead atoms. The maximum absolute atomic E-state index is 13.3. The quantitative estimate of drug-likeness (QED) is 0.329. The molecule has 3 N–H and O–H groups in total. The second-order valence-electron chi connectivity index (χ2n) is 8.35. The van der Waals surface area contributed by atoms with Gasteiger partial charge in [0.1, 0.15) is 11.3 Å². The zero-order valence-corrected chi connectivity index (χ0v) is 20.3. The Kier molecular flexibility index (Phi) is 8.59. The van der Waals surface area contributed by atoms with Crippen LogP contribution in [0.4, 0.5) is 4.79 Å². The summed E-state index contributed by atoms with van der Waals surface area (Å²) in [5.74, 6) is -2.31. The number of aromatic hydroxyl groups is 1. The van der Waals surface area contributed by atoms with Crippen molar-refractivity contribution in [3.8, 4) is 5.75 Å². The Morgan fingerprint density at radius 3 is 1.86 bits per heavy atom. The third kappa shape index (κ3) is 6.11. The molecule has 10 heteroatoms. The molecule has 1 aliphatic rings. The molecule has 0 unspecified atom stereocenters. The van der Waals surface area contributed by atoms with Gasteiger partial charge in [-0.05, 0) is 37.4 Å². The number of imide groups is 1. The number of carboxylic acid groups (broad SMARTS) is 1. The van der Waals surface area contributed by atoms with E-state index in [1.807, 2.05) is 12.1 Å². The van der Waals surface area contributed by atoms with Gasteiger partial charge in [-0.3, -0.25) is 14.5 Å². The van der Waals surface area contributed by atoms with Gasteiger partial charge >= 0.3 is 18.0 Å². The first-order chi connectivity index (χ1) is 17.7. The largest absolute Gasteiger partial charge is 0.507 e. The summed E-state index contributed by atoms with van der Waals surface area (Å²) in [4.78, 5) is 50.5. The van der Waals surface area contributed by atoms with Gasteiger partial charge in [0.15, 0.2) is 12.3 Å². The Morgan fingerprint density at radius 2 is 1.41 bits per heavy atom. The predicted octanol–water partition coefficient (Wildman–Crippen LogP) is 2.63. The van der Waals surface area contributed by atoms with Gasteiger partial charge in [0.2, 0.25) is 0 Å². The number of carboxylic acids is 1. The lowest BCUT2D eigenvalue weighted by molar-refractivity contribution is -0.150. The number of phenols is 1. The molecule has 0 radical (unpaired) electrons. The summed E-state index contributed by atoms with van der Waals surface area (Å²) in [6.45, 7) is -0.370. The Labute approximate surface area is 213 Å². The van der Waals surface area contributed by atoms with Crippen LogP contribution in [0.25, 0.3) is 0 Å². The van der Waals surface area contributed by atoms with E-state index in [1.165, 1.54) is 12.1 Å². The number of esters is 1. The molecule has 0 aliphatic carbocycles. The second kappa shape index (κ2) is 11.8. The van der Waals surface area contributed by atoms with Crippen molar-refractivity contribution < 1.29 is 34.1 Å². The van der Waals surface area contributed by atoms with Crippen LogP contribution in [0.1, 0.15) is 21.5 Å². The Morgan fingerprint density at radius 1 is 0.892 bits per heavy atom. The highest BCUT2D eigenvalue weighted by Crippen LogP contribution is 2.35. The number of likely N-dealkylation sites (N-methyl/N-ethyl adjacent to an activating group) is 1. The molecule has 0 atom stereocenters. The average Bonchev–Trinajstić information content (AvgIpc) is 3.14. The summed E-state index contributed by atoms with van der Waals surface area (Å²) in [6, 6.07) is 23.2. The first kappa shape index (κ1) is 26.9. The molecule has 192 valence electrons. The van der Waals surface area contributed by atoms with E-state index >= 15 is 0 Å². The van der Waals surface area contributed by atoms with Crippen LogP contribution in [-0.2, 0) is 19.9 Å². The van der Waals surface area contributed by atoms with Crippen LogP contribution >= 0.6 is 0 Å². The molecule has 3 aromatic rings. The smallest absolute Gasteiger partial charge is 0.339 e. The van der Waals surface area contributed by atoms with Gasteiger partial charge in [-0.1, -0.05) is 72.8 Å². The van der Waals surface area contributed by atoms with Gasteiger partial charge in [-0.15, -0.1) is 0 Å². The number of hydrogen-bond donors (Lipinski definition) is 3. The number of hydrogen-bond acceptors (Lipinski definition) is 7. The fourth-order valence-corrected chi connectivity index (χ4v) is 3.72. The molecule has 4 rings (SSSR count). The topological polar surface area (TPSA) is 136 Å². The maximum Gasteiger partial charge on any atom is 0.339 e. The lowest BCUT2D eigenvalue weighted by atomic mass is 9.83. The molecule has 3 amide bonds. The minimum atomic E-state index is -1.35. The van der Waals surface area contributed by atoms with Gasteiger partial charge in [0.25, 0.3) is 5.91 Å². The number of amides is 3. The highest BCUT2D eigenvalue weighted by Gasteiger charge is 2.54. The van der Waals surface area contributed by atoms with Crippen molar-refractivity contribution in [2.24, 2.45) is 0 Å². The number of rotatable bonds is 7. The molecular weight excluding hydrogens is 478 g/mol. The molecular formula is C27H27N3O7. The van der Waals surface area contributed by atoms with E-state index in [4.69, 9.17) is 14.9 Å². The molecule has 1 heterocycles. The van der Waals surface area contributed by atoms with Gasteiger partial charge < -0.3 is 20.3 Å². The fourth-order valence-electron chi connectivity index (χ4n) is 3.72. The van der Waals surface area contributed by atoms with Crippen molar-refractivity contribution in [2.75, 3.05) is 27.4 Å². The van der Waals surface area contributed by atoms with E-state index in [0.29, 0.717) is 11.1 Å². The van der Waals surface area contributed by atoms with Crippen molar-refractivity contribution in [1.82, 2.24) is 15.1 Å². The number of carbonyl (C=O) groups excluding carboxylic acids is 3. The standard InChI is InChI=1S/C20H21N3O4.C7H6O3/c1-22(2)13-17(24)27-14-23-18(25)20(21-19(23)26,15-9-5-3-6-10-15)16-11-7-4-8-12-16;8-6-4-2-1-3-5(6)7(9)10/h3-12H,13-14H2,1-2H3,(H,21,26);1-4,8H,(H,9,10). The third-order valence-electron chi connectivity index (χ3n) is 5.45. The lowest BCUT2D eigenvalue weighted by Crippen LogP contribution is -2.45. The van der Waals surface area contributed by atoms with Gasteiger partial charge in [0, 0.05) is 0 Å². The van der Waals surface area contributed by atoms with Crippen LogP contribution in [-0.4, -0.2) is 71.3 Å². The number of ether oxygens (including phenoxy) is 1. The Hall–Kier alpha value is -4.70. The van der Waals surface area contributed by atoms with Crippen LogP contribution in [0, 0.1) is 0 Å². The highest BCUT2D eigenvalue weighted by molar-refractivity contribution is 6.09. The summed E-state index contributed by atoms with van der Waals surface area (Å²) >= 11 is 0. The zero-order chi connectivity index (χ0) is 27.0. The normalized spacial score (nSPS) is 14.0. The first-order valence-electron chi connectivity index (χ1n) is 11.2. The van der Waals surface area contributed by atoms with Crippen molar-refractivity contribution in [2.45, 2.75) is 5.54 Å². The zero-order valence-electron chi connectivity index (χ0n) is 20.3. The number of nitrogens with zero attached hydrogens (tertiary/aromatic N) is 2. The third-order valence-corrected chi connectivity index (χ3v) is 5.45. The molecule has 0 spiro atoms. The van der Waals surface area contributed by atoms with E-state index in [2.05, 4.69) is 5.32 Å². The van der Waals surface area contributed by atoms with Crippen LogP contribution in [0.5, 0.6) is 5.75 Å². The summed E-state index contributed by atoms with van der Waals surface area (Å²) in [6.07, 6.45) is 0. The maximum atomic E-state index is 13.3. The summed E-state index contributed by atoms with van der Waals surface area (Å²) in [7, 11) is 3.45. The summed E-state index contributed by atoms with van der Waals surface area (Å²) in [5, 5.41) is 20.1. The van der Waals surface area contributed by atoms with Crippen molar-refractivity contribution in [1.29, 1.82) is 0 Å². The van der Waals surface area contributed by atoms with Crippen LogP contribution < -0.4 is 5.32 Å². The number of carbonyl (C=O) groups is 4. The monoisotopic (exact) mass is 505 g/mol. The van der Waals surface area contributed by atoms with E-state index in [0.717, 1.165) is 4.90 Å². The van der Waals surface area contributed by atoms with Crippen LogP contribution in [0.3, 0.4) is 0 Å². The fraction of sp³-hybridized carbons (Fsp3) is 0.185. The number of aromatic carboxylic acids is 1. The number of para-hydroxylation sites is 1. The minimum Gasteiger partial charge on any atom is -0.507 e. The van der Waals surface area contributed by atoms with Gasteiger partial charge in [-0.25, -0.2) is 14.5 Å². The molecule has 10 nitrogen and oxygen atoms in total. The molecule has 1 fully saturated rings. The van der Waals surface area contributed by atoms with Gasteiger partial charge in [0.05, 0.1) is 6.54 Å². The summed E-state index contributed by atoms with van der Waals surface area (Å²) in [5.41, 5.74) is -0.149. The van der Waals surface area contributed by atoms with Crippen molar-refractivity contribution in [3.05, 3.63) is 102 Å². The Balaban J connectivity index is 0.000000319. The first-order valence-corrected chi connectivity index (χ1v) is 11.2. The minimum absolute atomic E-state index is 0.0617. The number of benzene rings is 3. The SMILES string of the molecule is CN(C)CC(=O)OCN1C(=O)NC(c2ccccc2)(c2ccccc2)C1=O.O=C(O)c1ccccc1O. The van der Waals surface area contributed by atoms with Crippen molar-refractivity contribution >= 4 is 23.9 Å². The molecule has 1 saturated heterocycles. The van der Waals surface area contributed by atoms with Crippen LogP contribution in [0.2, 0.25) is 0 Å². The molecule has 3 aromatic carbocycles. The van der Waals surface area contributed by atoms with E-state index in [9.17, 15) is 19.2 Å². The molecule has 37 heavy (non-hydrogen) atoms. The Bertz CT molecular complexity index is 1220. The molecule has 0 aromatic heterocycles. The van der Waals surface area contributed by atoms with Gasteiger partial charge in [-0.2, -0.15) is 0 Å². The second-order valence-corrected chi connectivity index (χ2v) is 8.35. The predicted molar refractivity (Wildman–Crippen MR) is 134 cm³/mol. The molecule has 1 aliphatic heterocycles. The van der Waals surface area contributed by atoms with Crippen LogP contribution in [0.15, 0.2) is 84.9 Å². The lowest BCUT2D eigenvalue weighted by Gasteiger charge is -2.27. The molecule has 0 saturated carbocycles. The van der Waals surface area contributed by atoms with E-state index in [-0.39, 0.29) is 17.9 Å². The van der Waals surface area contributed by atoms with E-state index < -0.39 is 36.1 Å². The van der Waals surface area contributed by atoms with Crippen molar-refractivity contribution in [3.63, 3.8) is 0 Å². The summed E-state index contributed by atoms with van der Waals surface area (Å²) < 4.78 is 5.11. The number of urea groups is 1. The average molecular weight is 506 g/mol.